The number of amides is 1. The Bertz CT molecular complexity index is 1600. The summed E-state index contributed by atoms with van der Waals surface area (Å²) in [6.07, 6.45) is 4.67. The van der Waals surface area contributed by atoms with E-state index in [4.69, 9.17) is 4.74 Å². The second kappa shape index (κ2) is 10.4. The standard InChI is InChI=1S/C26H27FN6O4S/c1-31(38(2,35)36)23-6-4-3-5-19(23)17-33-10-9-18-16-28-26(30-24(18)33)29-20-7-8-21(22(27)15-20)25(34)32-11-13-37-14-12-32/h3-10,15-16H,11-14,17H2,1-2H3,(H,28,29,30). The molecule has 0 unspecified atom stereocenters. The van der Waals surface area contributed by atoms with Crippen LogP contribution in [0.2, 0.25) is 0 Å². The van der Waals surface area contributed by atoms with E-state index in [1.165, 1.54) is 23.5 Å². The van der Waals surface area contributed by atoms with Gasteiger partial charge in [0.05, 0.1) is 37.3 Å². The molecule has 1 amide bonds. The maximum absolute atomic E-state index is 14.8. The second-order valence-electron chi connectivity index (χ2n) is 9.00. The van der Waals surface area contributed by atoms with Crippen LogP contribution >= 0.6 is 0 Å². The van der Waals surface area contributed by atoms with Crippen molar-refractivity contribution in [2.45, 2.75) is 6.54 Å². The van der Waals surface area contributed by atoms with E-state index >= 15 is 0 Å². The Balaban J connectivity index is 1.38. The molecule has 198 valence electrons. The molecule has 3 heterocycles. The predicted octanol–water partition coefficient (Wildman–Crippen LogP) is 3.23. The lowest BCUT2D eigenvalue weighted by Crippen LogP contribution is -2.41. The van der Waals surface area contributed by atoms with Crippen LogP contribution in [0, 0.1) is 5.82 Å². The van der Waals surface area contributed by atoms with Gasteiger partial charge in [-0.25, -0.2) is 17.8 Å². The average Bonchev–Trinajstić information content (AvgIpc) is 3.30. The first-order valence-corrected chi connectivity index (χ1v) is 13.8. The fourth-order valence-electron chi connectivity index (χ4n) is 4.30. The van der Waals surface area contributed by atoms with E-state index in [-0.39, 0.29) is 17.4 Å². The van der Waals surface area contributed by atoms with Crippen molar-refractivity contribution in [3.8, 4) is 0 Å². The van der Waals surface area contributed by atoms with Gasteiger partial charge < -0.3 is 19.5 Å². The molecule has 2 aromatic heterocycles. The lowest BCUT2D eigenvalue weighted by molar-refractivity contribution is 0.0300. The lowest BCUT2D eigenvalue weighted by atomic mass is 10.1. The van der Waals surface area contributed by atoms with Crippen LogP contribution in [0.25, 0.3) is 11.0 Å². The van der Waals surface area contributed by atoms with E-state index in [1.807, 2.05) is 29.0 Å². The normalized spacial score (nSPS) is 14.0. The van der Waals surface area contributed by atoms with Crippen LogP contribution in [0.4, 0.5) is 21.7 Å². The molecule has 0 spiro atoms. The first-order chi connectivity index (χ1) is 18.2. The van der Waals surface area contributed by atoms with Crippen molar-refractivity contribution >= 4 is 44.3 Å². The topological polar surface area (TPSA) is 110 Å². The van der Waals surface area contributed by atoms with E-state index < -0.39 is 15.8 Å². The molecule has 0 bridgehead atoms. The first-order valence-electron chi connectivity index (χ1n) is 12.0. The SMILES string of the molecule is CN(c1ccccc1Cn1ccc2cnc(Nc3ccc(C(=O)N4CCOCC4)c(F)c3)nc21)S(C)(=O)=O. The smallest absolute Gasteiger partial charge is 0.256 e. The largest absolute Gasteiger partial charge is 0.378 e. The number of benzene rings is 2. The molecule has 1 aliphatic heterocycles. The highest BCUT2D eigenvalue weighted by molar-refractivity contribution is 7.92. The number of anilines is 3. The minimum Gasteiger partial charge on any atom is -0.378 e. The zero-order valence-corrected chi connectivity index (χ0v) is 21.8. The molecular formula is C26H27FN6O4S. The number of fused-ring (bicyclic) bond motifs is 1. The van der Waals surface area contributed by atoms with Gasteiger partial charge in [-0.1, -0.05) is 18.2 Å². The van der Waals surface area contributed by atoms with E-state index in [1.54, 1.807) is 29.3 Å². The molecule has 1 N–H and O–H groups in total. The van der Waals surface area contributed by atoms with Gasteiger partial charge >= 0.3 is 0 Å². The van der Waals surface area contributed by atoms with E-state index in [9.17, 15) is 17.6 Å². The van der Waals surface area contributed by atoms with Crippen molar-refractivity contribution in [3.63, 3.8) is 0 Å². The lowest BCUT2D eigenvalue weighted by Gasteiger charge is -2.27. The number of nitrogens with zero attached hydrogens (tertiary/aromatic N) is 5. The summed E-state index contributed by atoms with van der Waals surface area (Å²) in [5.41, 5.74) is 2.40. The first kappa shape index (κ1) is 25.6. The molecule has 0 saturated carbocycles. The number of para-hydroxylation sites is 1. The fourth-order valence-corrected chi connectivity index (χ4v) is 4.84. The summed E-state index contributed by atoms with van der Waals surface area (Å²) >= 11 is 0. The van der Waals surface area contributed by atoms with Gasteiger partial charge in [-0.15, -0.1) is 0 Å². The average molecular weight is 539 g/mol. The number of sulfonamides is 1. The van der Waals surface area contributed by atoms with Crippen molar-refractivity contribution in [2.24, 2.45) is 0 Å². The molecule has 0 aliphatic carbocycles. The zero-order chi connectivity index (χ0) is 26.9. The molecule has 0 radical (unpaired) electrons. The molecule has 1 saturated heterocycles. The number of hydrogen-bond donors (Lipinski definition) is 1. The van der Waals surface area contributed by atoms with Gasteiger partial charge in [-0.05, 0) is 35.9 Å². The van der Waals surface area contributed by atoms with Gasteiger partial charge in [0.1, 0.15) is 11.5 Å². The second-order valence-corrected chi connectivity index (χ2v) is 11.0. The maximum atomic E-state index is 14.8. The Kier molecular flexibility index (Phi) is 7.00. The van der Waals surface area contributed by atoms with Gasteiger partial charge in [-0.2, -0.15) is 4.98 Å². The number of carbonyl (C=O) groups is 1. The number of hydrogen-bond acceptors (Lipinski definition) is 7. The Hall–Kier alpha value is -4.03. The molecule has 0 atom stereocenters. The zero-order valence-electron chi connectivity index (χ0n) is 21.0. The summed E-state index contributed by atoms with van der Waals surface area (Å²) in [6, 6.07) is 13.4. The maximum Gasteiger partial charge on any atom is 0.256 e. The highest BCUT2D eigenvalue weighted by atomic mass is 32.2. The monoisotopic (exact) mass is 538 g/mol. The number of carbonyl (C=O) groups excluding carboxylic acids is 1. The molecule has 1 fully saturated rings. The summed E-state index contributed by atoms with van der Waals surface area (Å²) in [4.78, 5) is 23.2. The van der Waals surface area contributed by atoms with Crippen molar-refractivity contribution in [1.82, 2.24) is 19.4 Å². The fraction of sp³-hybridized carbons (Fsp3) is 0.269. The Morgan fingerprint density at radius 3 is 2.66 bits per heavy atom. The predicted molar refractivity (Wildman–Crippen MR) is 143 cm³/mol. The summed E-state index contributed by atoms with van der Waals surface area (Å²) < 4.78 is 47.5. The number of ether oxygens (including phenoxy) is 1. The van der Waals surface area contributed by atoms with Crippen LogP contribution in [0.5, 0.6) is 0 Å². The minimum absolute atomic E-state index is 0.000392. The number of nitrogens with one attached hydrogen (secondary N) is 1. The summed E-state index contributed by atoms with van der Waals surface area (Å²) in [5.74, 6) is -0.747. The van der Waals surface area contributed by atoms with Gasteiger partial charge in [0.25, 0.3) is 5.91 Å². The quantitative estimate of drug-likeness (QED) is 0.385. The molecule has 2 aromatic carbocycles. The Labute approximate surface area is 219 Å². The summed E-state index contributed by atoms with van der Waals surface area (Å²) in [6.45, 7) is 2.12. The van der Waals surface area contributed by atoms with E-state index in [2.05, 4.69) is 15.3 Å². The number of rotatable bonds is 7. The highest BCUT2D eigenvalue weighted by Crippen LogP contribution is 2.25. The molecule has 38 heavy (non-hydrogen) atoms. The van der Waals surface area contributed by atoms with Crippen molar-refractivity contribution in [2.75, 3.05) is 49.2 Å². The van der Waals surface area contributed by atoms with E-state index in [0.717, 1.165) is 17.2 Å². The number of aromatic nitrogens is 3. The van der Waals surface area contributed by atoms with Crippen molar-refractivity contribution in [1.29, 1.82) is 0 Å². The third-order valence-electron chi connectivity index (χ3n) is 6.42. The molecule has 1 aliphatic rings. The summed E-state index contributed by atoms with van der Waals surface area (Å²) in [5, 5.41) is 3.80. The van der Waals surface area contributed by atoms with Crippen LogP contribution in [-0.2, 0) is 21.3 Å². The molecule has 5 rings (SSSR count). The molecule has 4 aromatic rings. The summed E-state index contributed by atoms with van der Waals surface area (Å²) in [7, 11) is -1.91. The van der Waals surface area contributed by atoms with Crippen LogP contribution in [-0.4, -0.2) is 73.4 Å². The van der Waals surface area contributed by atoms with Gasteiger partial charge in [0, 0.05) is 43.6 Å². The van der Waals surface area contributed by atoms with Crippen LogP contribution in [0.3, 0.4) is 0 Å². The highest BCUT2D eigenvalue weighted by Gasteiger charge is 2.22. The van der Waals surface area contributed by atoms with Crippen molar-refractivity contribution < 1.29 is 22.3 Å². The molecule has 12 heteroatoms. The molecular weight excluding hydrogens is 511 g/mol. The van der Waals surface area contributed by atoms with Gasteiger partial charge in [0.2, 0.25) is 16.0 Å². The molecule has 10 nitrogen and oxygen atoms in total. The number of morpholine rings is 1. The van der Waals surface area contributed by atoms with Crippen LogP contribution in [0.1, 0.15) is 15.9 Å². The minimum atomic E-state index is -3.43. The van der Waals surface area contributed by atoms with Crippen LogP contribution in [0.15, 0.2) is 60.9 Å². The third kappa shape index (κ3) is 5.31. The Morgan fingerprint density at radius 1 is 1.16 bits per heavy atom. The van der Waals surface area contributed by atoms with Crippen LogP contribution < -0.4 is 9.62 Å². The Morgan fingerprint density at radius 2 is 1.92 bits per heavy atom. The van der Waals surface area contributed by atoms with Gasteiger partial charge in [-0.3, -0.25) is 9.10 Å². The number of halogens is 1. The van der Waals surface area contributed by atoms with E-state index in [0.29, 0.717) is 49.9 Å². The van der Waals surface area contributed by atoms with Gasteiger partial charge in [0.15, 0.2) is 0 Å². The van der Waals surface area contributed by atoms with Crippen molar-refractivity contribution in [3.05, 3.63) is 77.9 Å². The third-order valence-corrected chi connectivity index (χ3v) is 7.62.